The van der Waals surface area contributed by atoms with E-state index in [0.29, 0.717) is 52.4 Å². The molecule has 0 aliphatic carbocycles. The lowest BCUT2D eigenvalue weighted by molar-refractivity contribution is -0.139. The fraction of sp³-hybridized carbons (Fsp3) is 0.357. The van der Waals surface area contributed by atoms with E-state index in [4.69, 9.17) is 31.2 Å². The Hall–Kier alpha value is -4.12. The quantitative estimate of drug-likeness (QED) is 0.147. The number of esters is 1. The highest BCUT2D eigenvalue weighted by atomic mass is 32.1. The molecule has 11 heteroatoms. The van der Waals surface area contributed by atoms with Crippen LogP contribution in [0.4, 0.5) is 0 Å². The number of nitrogens with zero attached hydrogens (tertiary/aromatic N) is 1. The fourth-order valence-electron chi connectivity index (χ4n) is 3.82. The molecule has 0 fully saturated rings. The van der Waals surface area contributed by atoms with Crippen LogP contribution in [0.25, 0.3) is 0 Å². The Morgan fingerprint density at radius 2 is 1.82 bits per heavy atom. The molecule has 0 bridgehead atoms. The van der Waals surface area contributed by atoms with E-state index in [9.17, 15) is 9.59 Å². The molecule has 2 aromatic carbocycles. The average Bonchev–Trinajstić information content (AvgIpc) is 2.91. The van der Waals surface area contributed by atoms with Crippen molar-refractivity contribution in [3.63, 3.8) is 0 Å². The standard InChI is InChI=1S/C28H34N4O6S/c1-5-14-37-22-13-12-19(15-23(22)35-6-2)16-29-32-24(33)17-38-21-11-9-8-10-20(21)26-25(27(34)36-7-3)18(4)30-28(39)31-26/h8-13,15-16,26H,5-7,14,17H2,1-4H3,(H,32,33)(H2,30,31,39)/t26-/m1/s1. The number of allylic oxidation sites excluding steroid dienone is 1. The SMILES string of the molecule is CCCOc1ccc(C=NNC(=O)COc2ccccc2[C@H]2NC(=S)NC(C)=C2C(=O)OCC)cc1OCC. The van der Waals surface area contributed by atoms with Crippen molar-refractivity contribution >= 4 is 35.4 Å². The van der Waals surface area contributed by atoms with E-state index in [1.54, 1.807) is 38.1 Å². The van der Waals surface area contributed by atoms with Crippen LogP contribution in [-0.4, -0.2) is 49.6 Å². The van der Waals surface area contributed by atoms with Gasteiger partial charge in [0.15, 0.2) is 23.2 Å². The van der Waals surface area contributed by atoms with Gasteiger partial charge in [-0.15, -0.1) is 0 Å². The molecule has 0 saturated carbocycles. The molecule has 0 unspecified atom stereocenters. The summed E-state index contributed by atoms with van der Waals surface area (Å²) in [5, 5.41) is 10.5. The van der Waals surface area contributed by atoms with Crippen LogP contribution in [0.1, 0.15) is 51.3 Å². The Balaban J connectivity index is 1.67. The Labute approximate surface area is 233 Å². The van der Waals surface area contributed by atoms with Crippen molar-refractivity contribution in [2.24, 2.45) is 5.10 Å². The molecule has 39 heavy (non-hydrogen) atoms. The third-order valence-electron chi connectivity index (χ3n) is 5.49. The molecule has 1 atom stereocenters. The van der Waals surface area contributed by atoms with Gasteiger partial charge in [-0.2, -0.15) is 5.10 Å². The molecule has 2 aromatic rings. The maximum Gasteiger partial charge on any atom is 0.338 e. The van der Waals surface area contributed by atoms with E-state index in [-0.39, 0.29) is 13.2 Å². The Kier molecular flexibility index (Phi) is 11.1. The van der Waals surface area contributed by atoms with Gasteiger partial charge in [-0.05, 0) is 69.2 Å². The van der Waals surface area contributed by atoms with Crippen LogP contribution in [0.2, 0.25) is 0 Å². The van der Waals surface area contributed by atoms with E-state index in [1.807, 2.05) is 32.0 Å². The van der Waals surface area contributed by atoms with Crippen LogP contribution < -0.4 is 30.3 Å². The molecule has 3 N–H and O–H groups in total. The van der Waals surface area contributed by atoms with Crippen LogP contribution in [0.5, 0.6) is 17.2 Å². The zero-order valence-corrected chi connectivity index (χ0v) is 23.4. The van der Waals surface area contributed by atoms with Crippen molar-refractivity contribution in [2.75, 3.05) is 26.4 Å². The molecule has 0 radical (unpaired) electrons. The van der Waals surface area contributed by atoms with E-state index >= 15 is 0 Å². The summed E-state index contributed by atoms with van der Waals surface area (Å²) < 4.78 is 22.4. The summed E-state index contributed by atoms with van der Waals surface area (Å²) in [5.41, 5.74) is 4.79. The number of benzene rings is 2. The maximum absolute atomic E-state index is 12.7. The minimum atomic E-state index is -0.612. The number of para-hydroxylation sites is 1. The molecule has 1 amide bonds. The first-order valence-corrected chi connectivity index (χ1v) is 13.2. The van der Waals surface area contributed by atoms with Crippen molar-refractivity contribution in [3.05, 3.63) is 64.9 Å². The number of nitrogens with one attached hydrogen (secondary N) is 3. The summed E-state index contributed by atoms with van der Waals surface area (Å²) in [5.74, 6) is 0.755. The lowest BCUT2D eigenvalue weighted by Crippen LogP contribution is -2.45. The molecule has 10 nitrogen and oxygen atoms in total. The van der Waals surface area contributed by atoms with Gasteiger partial charge in [0.1, 0.15) is 5.75 Å². The van der Waals surface area contributed by atoms with Gasteiger partial charge in [-0.3, -0.25) is 4.79 Å². The number of hydrazone groups is 1. The van der Waals surface area contributed by atoms with E-state index < -0.39 is 17.9 Å². The van der Waals surface area contributed by atoms with Crippen LogP contribution >= 0.6 is 12.2 Å². The number of hydrogen-bond acceptors (Lipinski definition) is 8. The first kappa shape index (κ1) is 29.4. The van der Waals surface area contributed by atoms with Gasteiger partial charge in [0, 0.05) is 11.3 Å². The number of amides is 1. The zero-order valence-electron chi connectivity index (χ0n) is 22.5. The average molecular weight is 555 g/mol. The van der Waals surface area contributed by atoms with Gasteiger partial charge in [0.05, 0.1) is 37.7 Å². The highest BCUT2D eigenvalue weighted by molar-refractivity contribution is 7.80. The van der Waals surface area contributed by atoms with Crippen LogP contribution in [0.3, 0.4) is 0 Å². The van der Waals surface area contributed by atoms with E-state index in [2.05, 4.69) is 21.2 Å². The largest absolute Gasteiger partial charge is 0.490 e. The summed E-state index contributed by atoms with van der Waals surface area (Å²) in [7, 11) is 0. The summed E-state index contributed by atoms with van der Waals surface area (Å²) in [4.78, 5) is 25.2. The van der Waals surface area contributed by atoms with Crippen molar-refractivity contribution in [2.45, 2.75) is 40.2 Å². The molecule has 1 aliphatic heterocycles. The van der Waals surface area contributed by atoms with Crippen molar-refractivity contribution in [1.29, 1.82) is 0 Å². The van der Waals surface area contributed by atoms with Crippen molar-refractivity contribution in [1.82, 2.24) is 16.1 Å². The molecule has 3 rings (SSSR count). The molecular weight excluding hydrogens is 520 g/mol. The molecule has 0 spiro atoms. The van der Waals surface area contributed by atoms with Crippen molar-refractivity contribution in [3.8, 4) is 17.2 Å². The van der Waals surface area contributed by atoms with Gasteiger partial charge in [-0.25, -0.2) is 10.2 Å². The number of rotatable bonds is 13. The van der Waals surface area contributed by atoms with Crippen molar-refractivity contribution < 1.29 is 28.5 Å². The first-order valence-electron chi connectivity index (χ1n) is 12.8. The monoisotopic (exact) mass is 554 g/mol. The van der Waals surface area contributed by atoms with Crippen LogP contribution in [-0.2, 0) is 14.3 Å². The number of thiocarbonyl (C=S) groups is 1. The molecule has 1 aliphatic rings. The van der Waals surface area contributed by atoms with Gasteiger partial charge in [-0.1, -0.05) is 25.1 Å². The second kappa shape index (κ2) is 14.7. The summed E-state index contributed by atoms with van der Waals surface area (Å²) in [6.07, 6.45) is 2.40. The highest BCUT2D eigenvalue weighted by Crippen LogP contribution is 2.33. The molecule has 0 aromatic heterocycles. The van der Waals surface area contributed by atoms with Crippen LogP contribution in [0.15, 0.2) is 58.8 Å². The Morgan fingerprint density at radius 1 is 1.03 bits per heavy atom. The lowest BCUT2D eigenvalue weighted by atomic mass is 9.95. The maximum atomic E-state index is 12.7. The fourth-order valence-corrected chi connectivity index (χ4v) is 4.09. The minimum Gasteiger partial charge on any atom is -0.490 e. The Bertz CT molecular complexity index is 1250. The van der Waals surface area contributed by atoms with Gasteiger partial charge >= 0.3 is 5.97 Å². The molecular formula is C28H34N4O6S. The Morgan fingerprint density at radius 3 is 2.56 bits per heavy atom. The highest BCUT2D eigenvalue weighted by Gasteiger charge is 2.32. The normalized spacial score (nSPS) is 14.9. The second-order valence-electron chi connectivity index (χ2n) is 8.40. The predicted octanol–water partition coefficient (Wildman–Crippen LogP) is 3.76. The number of carbonyl (C=O) groups is 2. The topological polar surface area (TPSA) is 120 Å². The zero-order chi connectivity index (χ0) is 28.2. The number of carbonyl (C=O) groups excluding carboxylic acids is 2. The predicted molar refractivity (Wildman–Crippen MR) is 152 cm³/mol. The second-order valence-corrected chi connectivity index (χ2v) is 8.81. The molecule has 0 saturated heterocycles. The molecule has 208 valence electrons. The van der Waals surface area contributed by atoms with Gasteiger partial charge < -0.3 is 29.6 Å². The molecule has 1 heterocycles. The first-order chi connectivity index (χ1) is 18.9. The van der Waals surface area contributed by atoms with Gasteiger partial charge in [0.2, 0.25) is 0 Å². The number of hydrogen-bond donors (Lipinski definition) is 3. The van der Waals surface area contributed by atoms with E-state index in [0.717, 1.165) is 12.0 Å². The summed E-state index contributed by atoms with van der Waals surface area (Å²) in [6, 6.07) is 11.9. The minimum absolute atomic E-state index is 0.231. The van der Waals surface area contributed by atoms with Crippen LogP contribution in [0, 0.1) is 0 Å². The lowest BCUT2D eigenvalue weighted by Gasteiger charge is -2.30. The summed E-state index contributed by atoms with van der Waals surface area (Å²) >= 11 is 5.31. The smallest absolute Gasteiger partial charge is 0.338 e. The number of ether oxygens (including phenoxy) is 4. The third-order valence-corrected chi connectivity index (χ3v) is 5.71. The van der Waals surface area contributed by atoms with E-state index in [1.165, 1.54) is 6.21 Å². The third kappa shape index (κ3) is 8.18. The summed E-state index contributed by atoms with van der Waals surface area (Å²) in [6.45, 7) is 8.44. The van der Waals surface area contributed by atoms with Gasteiger partial charge in [0.25, 0.3) is 5.91 Å².